The van der Waals surface area contributed by atoms with Gasteiger partial charge < -0.3 is 14.6 Å². The SMILES string of the molecule is CC(=O)Cc1c(C2CCCN(C(=O)OC(C)(C)C)C2)[nH]c2ccccc12. The molecule has 1 aliphatic rings. The number of nitrogens with zero attached hydrogens (tertiary/aromatic N) is 1. The van der Waals surface area contributed by atoms with Crippen LogP contribution in [0.1, 0.15) is 57.7 Å². The maximum Gasteiger partial charge on any atom is 0.410 e. The second-order valence-electron chi connectivity index (χ2n) is 8.21. The maximum absolute atomic E-state index is 12.5. The number of likely N-dealkylation sites (tertiary alicyclic amines) is 1. The maximum atomic E-state index is 12.5. The highest BCUT2D eigenvalue weighted by atomic mass is 16.6. The Bertz CT molecular complexity index is 816. The number of aromatic amines is 1. The van der Waals surface area contributed by atoms with Crippen molar-refractivity contribution in [3.05, 3.63) is 35.5 Å². The summed E-state index contributed by atoms with van der Waals surface area (Å²) in [5.74, 6) is 0.342. The Morgan fingerprint density at radius 2 is 2.00 bits per heavy atom. The van der Waals surface area contributed by atoms with E-state index in [1.165, 1.54) is 0 Å². The zero-order valence-corrected chi connectivity index (χ0v) is 16.1. The molecule has 140 valence electrons. The Morgan fingerprint density at radius 1 is 1.27 bits per heavy atom. The Balaban J connectivity index is 1.88. The number of fused-ring (bicyclic) bond motifs is 1. The first kappa shape index (κ1) is 18.5. The molecule has 1 aromatic heterocycles. The number of amides is 1. The molecular formula is C21H28N2O3. The first-order chi connectivity index (χ1) is 12.2. The van der Waals surface area contributed by atoms with Crippen LogP contribution in [0.25, 0.3) is 10.9 Å². The first-order valence-corrected chi connectivity index (χ1v) is 9.31. The predicted octanol–water partition coefficient (Wildman–Crippen LogP) is 4.41. The van der Waals surface area contributed by atoms with Crippen LogP contribution in [0.3, 0.4) is 0 Å². The molecule has 1 fully saturated rings. The number of ketones is 1. The van der Waals surface area contributed by atoms with E-state index in [0.717, 1.165) is 35.0 Å². The number of carbonyl (C=O) groups excluding carboxylic acids is 2. The lowest BCUT2D eigenvalue weighted by Crippen LogP contribution is -2.42. The third-order valence-electron chi connectivity index (χ3n) is 4.75. The average molecular weight is 356 g/mol. The molecule has 1 amide bonds. The summed E-state index contributed by atoms with van der Waals surface area (Å²) in [6.45, 7) is 8.61. The summed E-state index contributed by atoms with van der Waals surface area (Å²) in [6.07, 6.45) is 2.09. The molecule has 3 rings (SSSR count). The summed E-state index contributed by atoms with van der Waals surface area (Å²) < 4.78 is 5.54. The van der Waals surface area contributed by atoms with Crippen molar-refractivity contribution in [3.8, 4) is 0 Å². The Morgan fingerprint density at radius 3 is 2.69 bits per heavy atom. The molecule has 1 unspecified atom stereocenters. The largest absolute Gasteiger partial charge is 0.444 e. The topological polar surface area (TPSA) is 62.4 Å². The van der Waals surface area contributed by atoms with Gasteiger partial charge in [-0.3, -0.25) is 4.79 Å². The van der Waals surface area contributed by atoms with Crippen molar-refractivity contribution in [2.45, 2.75) is 58.5 Å². The van der Waals surface area contributed by atoms with Gasteiger partial charge in [-0.1, -0.05) is 18.2 Å². The van der Waals surface area contributed by atoms with Crippen LogP contribution in [0.5, 0.6) is 0 Å². The number of hydrogen-bond donors (Lipinski definition) is 1. The number of Topliss-reactive ketones (excluding diaryl/α,β-unsaturated/α-hetero) is 1. The number of rotatable bonds is 3. The molecule has 2 aromatic rings. The molecule has 1 saturated heterocycles. The molecule has 1 aliphatic heterocycles. The average Bonchev–Trinajstić information content (AvgIpc) is 2.92. The van der Waals surface area contributed by atoms with Crippen molar-refractivity contribution in [2.75, 3.05) is 13.1 Å². The summed E-state index contributed by atoms with van der Waals surface area (Å²) in [6, 6.07) is 8.09. The molecule has 0 aliphatic carbocycles. The zero-order valence-electron chi connectivity index (χ0n) is 16.1. The lowest BCUT2D eigenvalue weighted by molar-refractivity contribution is -0.116. The van der Waals surface area contributed by atoms with Crippen LogP contribution < -0.4 is 0 Å². The minimum absolute atomic E-state index is 0.149. The van der Waals surface area contributed by atoms with Gasteiger partial charge in [0.15, 0.2) is 0 Å². The van der Waals surface area contributed by atoms with E-state index in [4.69, 9.17) is 4.74 Å². The predicted molar refractivity (Wildman–Crippen MR) is 102 cm³/mol. The molecule has 0 saturated carbocycles. The molecule has 5 nitrogen and oxygen atoms in total. The van der Waals surface area contributed by atoms with Crippen molar-refractivity contribution in [1.29, 1.82) is 0 Å². The van der Waals surface area contributed by atoms with Crippen LogP contribution in [0.15, 0.2) is 24.3 Å². The van der Waals surface area contributed by atoms with Crippen LogP contribution in [0.4, 0.5) is 4.79 Å². The van der Waals surface area contributed by atoms with Crippen LogP contribution in [0.2, 0.25) is 0 Å². The zero-order chi connectivity index (χ0) is 18.9. The number of benzene rings is 1. The summed E-state index contributed by atoms with van der Waals surface area (Å²) in [4.78, 5) is 29.6. The molecule has 0 spiro atoms. The smallest absolute Gasteiger partial charge is 0.410 e. The monoisotopic (exact) mass is 356 g/mol. The molecule has 2 heterocycles. The first-order valence-electron chi connectivity index (χ1n) is 9.31. The van der Waals surface area contributed by atoms with Gasteiger partial charge >= 0.3 is 6.09 Å². The van der Waals surface area contributed by atoms with Crippen molar-refractivity contribution < 1.29 is 14.3 Å². The van der Waals surface area contributed by atoms with Gasteiger partial charge in [-0.05, 0) is 52.2 Å². The molecule has 26 heavy (non-hydrogen) atoms. The van der Waals surface area contributed by atoms with Gasteiger partial charge in [0, 0.05) is 42.0 Å². The molecule has 1 aromatic carbocycles. The Kier molecular flexibility index (Phi) is 5.08. The minimum Gasteiger partial charge on any atom is -0.444 e. The van der Waals surface area contributed by atoms with E-state index in [1.807, 2.05) is 39.0 Å². The van der Waals surface area contributed by atoms with Crippen molar-refractivity contribution in [1.82, 2.24) is 9.88 Å². The molecule has 1 atom stereocenters. The van der Waals surface area contributed by atoms with E-state index in [0.29, 0.717) is 19.5 Å². The van der Waals surface area contributed by atoms with E-state index < -0.39 is 5.60 Å². The Hall–Kier alpha value is -2.30. The highest BCUT2D eigenvalue weighted by Crippen LogP contribution is 2.34. The van der Waals surface area contributed by atoms with Gasteiger partial charge in [0.05, 0.1) is 0 Å². The van der Waals surface area contributed by atoms with Gasteiger partial charge in [-0.25, -0.2) is 4.79 Å². The van der Waals surface area contributed by atoms with Crippen molar-refractivity contribution in [3.63, 3.8) is 0 Å². The van der Waals surface area contributed by atoms with Gasteiger partial charge in [0.2, 0.25) is 0 Å². The lowest BCUT2D eigenvalue weighted by atomic mass is 9.90. The molecule has 0 radical (unpaired) electrons. The number of para-hydroxylation sites is 1. The third kappa shape index (κ3) is 4.09. The number of piperidine rings is 1. The summed E-state index contributed by atoms with van der Waals surface area (Å²) in [5, 5.41) is 1.10. The van der Waals surface area contributed by atoms with Crippen LogP contribution >= 0.6 is 0 Å². The molecule has 5 heteroatoms. The third-order valence-corrected chi connectivity index (χ3v) is 4.75. The summed E-state index contributed by atoms with van der Waals surface area (Å²) in [5.41, 5.74) is 2.72. The van der Waals surface area contributed by atoms with Crippen molar-refractivity contribution >= 4 is 22.8 Å². The van der Waals surface area contributed by atoms with Gasteiger partial charge in [-0.15, -0.1) is 0 Å². The fourth-order valence-corrected chi connectivity index (χ4v) is 3.71. The second-order valence-corrected chi connectivity index (χ2v) is 8.21. The van der Waals surface area contributed by atoms with E-state index in [9.17, 15) is 9.59 Å². The number of carbonyl (C=O) groups is 2. The number of nitrogens with one attached hydrogen (secondary N) is 1. The van der Waals surface area contributed by atoms with Crippen LogP contribution in [0, 0.1) is 0 Å². The van der Waals surface area contributed by atoms with Gasteiger partial charge in [0.1, 0.15) is 11.4 Å². The fourth-order valence-electron chi connectivity index (χ4n) is 3.71. The van der Waals surface area contributed by atoms with E-state index in [-0.39, 0.29) is 17.8 Å². The molecule has 0 bridgehead atoms. The van der Waals surface area contributed by atoms with Crippen LogP contribution in [-0.4, -0.2) is 40.5 Å². The highest BCUT2D eigenvalue weighted by molar-refractivity contribution is 5.90. The normalized spacial score (nSPS) is 18.2. The minimum atomic E-state index is -0.495. The van der Waals surface area contributed by atoms with E-state index in [2.05, 4.69) is 11.1 Å². The number of ether oxygens (including phenoxy) is 1. The number of hydrogen-bond acceptors (Lipinski definition) is 3. The fraction of sp³-hybridized carbons (Fsp3) is 0.524. The highest BCUT2D eigenvalue weighted by Gasteiger charge is 2.30. The molecule has 1 N–H and O–H groups in total. The second kappa shape index (κ2) is 7.14. The summed E-state index contributed by atoms with van der Waals surface area (Å²) in [7, 11) is 0. The number of H-pyrrole nitrogens is 1. The van der Waals surface area contributed by atoms with Gasteiger partial charge in [-0.2, -0.15) is 0 Å². The quantitative estimate of drug-likeness (QED) is 0.886. The lowest BCUT2D eigenvalue weighted by Gasteiger charge is -2.34. The van der Waals surface area contributed by atoms with Gasteiger partial charge in [0.25, 0.3) is 0 Å². The van der Waals surface area contributed by atoms with E-state index in [1.54, 1.807) is 11.8 Å². The summed E-state index contributed by atoms with van der Waals surface area (Å²) >= 11 is 0. The molecular weight excluding hydrogens is 328 g/mol. The standard InChI is InChI=1S/C21H28N2O3/c1-14(24)12-17-16-9-5-6-10-18(16)22-19(17)15-8-7-11-23(13-15)20(25)26-21(2,3)4/h5-6,9-10,15,22H,7-8,11-13H2,1-4H3. The van der Waals surface area contributed by atoms with E-state index >= 15 is 0 Å². The van der Waals surface area contributed by atoms with Crippen LogP contribution in [-0.2, 0) is 16.0 Å². The Labute approximate surface area is 154 Å². The van der Waals surface area contributed by atoms with Crippen molar-refractivity contribution in [2.24, 2.45) is 0 Å². The number of aromatic nitrogens is 1.